The number of carbonyl (C=O) groups is 1. The van der Waals surface area contributed by atoms with E-state index in [1.165, 1.54) is 18.2 Å². The summed E-state index contributed by atoms with van der Waals surface area (Å²) >= 11 is 0. The highest BCUT2D eigenvalue weighted by molar-refractivity contribution is 5.87. The first-order chi connectivity index (χ1) is 11.0. The second kappa shape index (κ2) is 7.39. The van der Waals surface area contributed by atoms with Gasteiger partial charge in [0.2, 0.25) is 0 Å². The third-order valence-electron chi connectivity index (χ3n) is 3.73. The number of fused-ring (bicyclic) bond motifs is 1. The van der Waals surface area contributed by atoms with Crippen molar-refractivity contribution in [3.8, 4) is 0 Å². The molecule has 0 radical (unpaired) electrons. The second-order valence-corrected chi connectivity index (χ2v) is 5.02. The molecular weight excluding hydrogens is 302 g/mol. The number of aryl methyl sites for hydroxylation is 1. The molecule has 1 aromatic heterocycles. The van der Waals surface area contributed by atoms with Gasteiger partial charge in [-0.15, -0.1) is 10.1 Å². The first kappa shape index (κ1) is 16.5. The summed E-state index contributed by atoms with van der Waals surface area (Å²) in [7, 11) is 1.40. The summed E-state index contributed by atoms with van der Waals surface area (Å²) in [6, 6.07) is 8.60. The predicted octanol–water partition coefficient (Wildman–Crippen LogP) is 2.25. The zero-order valence-electron chi connectivity index (χ0n) is 12.6. The minimum absolute atomic E-state index is 0.182. The maximum Gasteiger partial charge on any atom is 0.356 e. The van der Waals surface area contributed by atoms with Crippen molar-refractivity contribution in [1.29, 1.82) is 0 Å². The lowest BCUT2D eigenvalue weighted by Crippen LogP contribution is -2.20. The Kier molecular flexibility index (Phi) is 5.29. The molecule has 1 aliphatic carbocycles. The molecule has 1 atom stereocenters. The smallest absolute Gasteiger partial charge is 0.356 e. The summed E-state index contributed by atoms with van der Waals surface area (Å²) in [5.74, 6) is -0.333. The molecule has 1 aromatic carbocycles. The van der Waals surface area contributed by atoms with Gasteiger partial charge in [0.05, 0.1) is 25.7 Å². The molecule has 8 nitrogen and oxygen atoms in total. The molecule has 23 heavy (non-hydrogen) atoms. The van der Waals surface area contributed by atoms with E-state index >= 15 is 0 Å². The van der Waals surface area contributed by atoms with E-state index < -0.39 is 5.09 Å². The number of aromatic nitrogens is 2. The maximum atomic E-state index is 11.8. The van der Waals surface area contributed by atoms with Crippen LogP contribution < -0.4 is 0 Å². The molecule has 0 spiro atoms. The van der Waals surface area contributed by atoms with Crippen molar-refractivity contribution in [2.24, 2.45) is 0 Å². The van der Waals surface area contributed by atoms with Crippen molar-refractivity contribution >= 4 is 5.97 Å². The van der Waals surface area contributed by atoms with Gasteiger partial charge in [-0.1, -0.05) is 24.3 Å². The largest absolute Gasteiger partial charge is 0.464 e. The molecule has 0 bridgehead atoms. The minimum Gasteiger partial charge on any atom is -0.464 e. The van der Waals surface area contributed by atoms with Crippen LogP contribution in [0.2, 0.25) is 0 Å². The minimum atomic E-state index is -1.50. The molecule has 0 saturated carbocycles. The summed E-state index contributed by atoms with van der Waals surface area (Å²) < 4.78 is 6.75. The van der Waals surface area contributed by atoms with Gasteiger partial charge in [0.25, 0.3) is 5.09 Å². The number of ether oxygens (including phenoxy) is 1. The van der Waals surface area contributed by atoms with Crippen LogP contribution in [-0.2, 0) is 11.2 Å². The number of hydrogen-bond donors (Lipinski definition) is 1. The van der Waals surface area contributed by atoms with Gasteiger partial charge in [-0.3, -0.25) is 0 Å². The Morgan fingerprint density at radius 2 is 2.17 bits per heavy atom. The van der Waals surface area contributed by atoms with Gasteiger partial charge in [0, 0.05) is 0 Å². The van der Waals surface area contributed by atoms with Crippen LogP contribution in [-0.4, -0.2) is 32.9 Å². The Morgan fingerprint density at radius 1 is 1.48 bits per heavy atom. The van der Waals surface area contributed by atoms with Crippen LogP contribution in [0, 0.1) is 10.1 Å². The van der Waals surface area contributed by atoms with E-state index in [4.69, 9.17) is 20.1 Å². The summed E-state index contributed by atoms with van der Waals surface area (Å²) in [4.78, 5) is 24.2. The Bertz CT molecular complexity index is 694. The van der Waals surface area contributed by atoms with Crippen molar-refractivity contribution in [1.82, 2.24) is 9.55 Å². The Hall–Kier alpha value is -2.90. The lowest BCUT2D eigenvalue weighted by molar-refractivity contribution is -0.742. The third kappa shape index (κ3) is 3.85. The van der Waals surface area contributed by atoms with Crippen LogP contribution in [0.25, 0.3) is 0 Å². The molecule has 122 valence electrons. The number of carbonyl (C=O) groups excluding carboxylic acids is 1. The Morgan fingerprint density at radius 3 is 2.87 bits per heavy atom. The van der Waals surface area contributed by atoms with Gasteiger partial charge in [0.1, 0.15) is 5.69 Å². The van der Waals surface area contributed by atoms with E-state index in [1.54, 1.807) is 12.5 Å². The van der Waals surface area contributed by atoms with Gasteiger partial charge in [-0.05, 0) is 30.4 Å². The summed E-state index contributed by atoms with van der Waals surface area (Å²) in [5.41, 5.74) is 3.17. The molecule has 1 heterocycles. The first-order valence-corrected chi connectivity index (χ1v) is 7.05. The highest BCUT2D eigenvalue weighted by Gasteiger charge is 2.25. The topological polar surface area (TPSA) is 107 Å². The number of methoxy groups -OCH3 is 1. The second-order valence-electron chi connectivity index (χ2n) is 5.02. The van der Waals surface area contributed by atoms with Crippen LogP contribution >= 0.6 is 0 Å². The molecule has 3 rings (SSSR count). The molecule has 0 saturated heterocycles. The summed E-state index contributed by atoms with van der Waals surface area (Å²) in [5, 5.41) is 13.6. The monoisotopic (exact) mass is 319 g/mol. The van der Waals surface area contributed by atoms with Crippen molar-refractivity contribution < 1.29 is 19.8 Å². The van der Waals surface area contributed by atoms with Gasteiger partial charge in [0.15, 0.2) is 0 Å². The molecule has 1 N–H and O–H groups in total. The fourth-order valence-electron chi connectivity index (χ4n) is 2.83. The van der Waals surface area contributed by atoms with E-state index in [2.05, 4.69) is 23.2 Å². The van der Waals surface area contributed by atoms with Crippen molar-refractivity contribution in [2.45, 2.75) is 25.3 Å². The van der Waals surface area contributed by atoms with Crippen LogP contribution in [0.5, 0.6) is 0 Å². The zero-order chi connectivity index (χ0) is 16.8. The summed E-state index contributed by atoms with van der Waals surface area (Å²) in [6.45, 7) is 0. The standard InChI is InChI=1S/C15H16N2O2.HNO3/c1-19-15(18)14-9-16-10-17(14)13-8-4-6-11-5-2-3-7-12(11)13;2-1(3)4/h2-3,5,7,9-10,13H,4,6,8H2,1H3;(H,2,3,4). The van der Waals surface area contributed by atoms with E-state index in [0.717, 1.165) is 19.3 Å². The Labute approximate surface area is 132 Å². The first-order valence-electron chi connectivity index (χ1n) is 7.05. The van der Waals surface area contributed by atoms with Crippen LogP contribution in [0.1, 0.15) is 40.5 Å². The van der Waals surface area contributed by atoms with E-state index in [9.17, 15) is 4.79 Å². The number of esters is 1. The third-order valence-corrected chi connectivity index (χ3v) is 3.73. The molecule has 0 amide bonds. The van der Waals surface area contributed by atoms with E-state index in [1.807, 2.05) is 10.6 Å². The van der Waals surface area contributed by atoms with Gasteiger partial charge >= 0.3 is 5.97 Å². The molecule has 0 aliphatic heterocycles. The van der Waals surface area contributed by atoms with Gasteiger partial charge in [-0.2, -0.15) is 0 Å². The van der Waals surface area contributed by atoms with E-state index in [-0.39, 0.29) is 12.0 Å². The number of nitrogens with zero attached hydrogens (tertiary/aromatic N) is 3. The highest BCUT2D eigenvalue weighted by Crippen LogP contribution is 2.33. The molecule has 0 fully saturated rings. The average Bonchev–Trinajstić information content (AvgIpc) is 3.02. The van der Waals surface area contributed by atoms with Crippen molar-refractivity contribution in [3.63, 3.8) is 0 Å². The quantitative estimate of drug-likeness (QED) is 0.517. The van der Waals surface area contributed by atoms with Crippen molar-refractivity contribution in [3.05, 3.63) is 63.7 Å². The number of imidazole rings is 1. The fraction of sp³-hybridized carbons (Fsp3) is 0.333. The van der Waals surface area contributed by atoms with Gasteiger partial charge in [-0.25, -0.2) is 9.78 Å². The maximum absolute atomic E-state index is 11.8. The normalized spacial score (nSPS) is 15.8. The fourth-order valence-corrected chi connectivity index (χ4v) is 2.83. The number of rotatable bonds is 2. The van der Waals surface area contributed by atoms with Crippen molar-refractivity contribution in [2.75, 3.05) is 7.11 Å². The Balaban J connectivity index is 0.000000433. The zero-order valence-corrected chi connectivity index (χ0v) is 12.6. The highest BCUT2D eigenvalue weighted by atomic mass is 16.9. The van der Waals surface area contributed by atoms with Gasteiger partial charge < -0.3 is 14.5 Å². The molecule has 8 heteroatoms. The number of hydrogen-bond acceptors (Lipinski definition) is 5. The molecule has 2 aromatic rings. The average molecular weight is 319 g/mol. The lowest BCUT2D eigenvalue weighted by atomic mass is 9.87. The van der Waals surface area contributed by atoms with Crippen LogP contribution in [0.4, 0.5) is 0 Å². The van der Waals surface area contributed by atoms with Crippen LogP contribution in [0.3, 0.4) is 0 Å². The van der Waals surface area contributed by atoms with E-state index in [0.29, 0.717) is 5.69 Å². The number of benzene rings is 1. The lowest BCUT2D eigenvalue weighted by Gasteiger charge is -2.27. The SMILES string of the molecule is COC(=O)c1cncn1C1CCCc2ccccc21.O=[N+]([O-])O. The molecule has 1 unspecified atom stereocenters. The predicted molar refractivity (Wildman–Crippen MR) is 79.9 cm³/mol. The molecular formula is C15H17N3O5. The molecule has 1 aliphatic rings. The summed E-state index contributed by atoms with van der Waals surface area (Å²) in [6.07, 6.45) is 6.55. The van der Waals surface area contributed by atoms with Crippen LogP contribution in [0.15, 0.2) is 36.8 Å².